The van der Waals surface area contributed by atoms with Crippen molar-refractivity contribution < 1.29 is 0 Å². The number of aromatic nitrogens is 4. The van der Waals surface area contributed by atoms with Gasteiger partial charge in [0, 0.05) is 29.9 Å². The molecule has 0 aromatic carbocycles. The summed E-state index contributed by atoms with van der Waals surface area (Å²) in [6.07, 6.45) is 11.3. The third-order valence-electron chi connectivity index (χ3n) is 3.27. The second-order valence-electron chi connectivity index (χ2n) is 4.74. The molecule has 0 unspecified atom stereocenters. The molecule has 5 nitrogen and oxygen atoms in total. The minimum absolute atomic E-state index is 0.687. The number of anilines is 2. The number of H-pyrrole nitrogens is 1. The van der Waals surface area contributed by atoms with Gasteiger partial charge in [-0.05, 0) is 32.0 Å². The Morgan fingerprint density at radius 3 is 2.68 bits per heavy atom. The van der Waals surface area contributed by atoms with Crippen LogP contribution < -0.4 is 5.32 Å². The Kier molecular flexibility index (Phi) is 3.96. The predicted octanol–water partition coefficient (Wildman–Crippen LogP) is 4.08. The first-order chi connectivity index (χ1) is 10.8. The number of nitrogens with one attached hydrogen (secondary N) is 2. The molecule has 0 aliphatic rings. The lowest BCUT2D eigenvalue weighted by Crippen LogP contribution is -2.00. The Hall–Kier alpha value is -2.95. The fraction of sp³-hybridized carbons (Fsp3) is 0.118. The van der Waals surface area contributed by atoms with Crippen molar-refractivity contribution in [2.45, 2.75) is 13.8 Å². The monoisotopic (exact) mass is 291 g/mol. The molecule has 110 valence electrons. The van der Waals surface area contributed by atoms with Crippen LogP contribution in [0, 0.1) is 0 Å². The van der Waals surface area contributed by atoms with Crippen LogP contribution in [0.2, 0.25) is 0 Å². The van der Waals surface area contributed by atoms with E-state index in [9.17, 15) is 0 Å². The first-order valence-electron chi connectivity index (χ1n) is 7.13. The molecule has 2 N–H and O–H groups in total. The van der Waals surface area contributed by atoms with Crippen LogP contribution in [0.25, 0.3) is 16.6 Å². The van der Waals surface area contributed by atoms with Gasteiger partial charge >= 0.3 is 0 Å². The standard InChI is InChI=1S/C17H17N5/c1-3-5-12(4-2)15-21-16-14(8-11-19-16)17(22-15)20-13-6-9-18-10-7-13/h3-11H,1-2H3,(H2,18,19,20,21,22)/b5-3-,12-4+. The zero-order chi connectivity index (χ0) is 15.4. The van der Waals surface area contributed by atoms with E-state index in [4.69, 9.17) is 0 Å². The molecule has 0 aliphatic carbocycles. The molecule has 3 heterocycles. The van der Waals surface area contributed by atoms with E-state index in [0.29, 0.717) is 5.82 Å². The highest BCUT2D eigenvalue weighted by atomic mass is 15.1. The Labute approximate surface area is 128 Å². The summed E-state index contributed by atoms with van der Waals surface area (Å²) in [5.41, 5.74) is 2.73. The van der Waals surface area contributed by atoms with Crippen LogP contribution >= 0.6 is 0 Å². The van der Waals surface area contributed by atoms with Gasteiger partial charge in [-0.15, -0.1) is 0 Å². The number of nitrogens with zero attached hydrogens (tertiary/aromatic N) is 3. The zero-order valence-electron chi connectivity index (χ0n) is 12.5. The second kappa shape index (κ2) is 6.22. The summed E-state index contributed by atoms with van der Waals surface area (Å²) in [6, 6.07) is 5.78. The number of aromatic amines is 1. The number of allylic oxidation sites excluding steroid dienone is 4. The van der Waals surface area contributed by atoms with Crippen molar-refractivity contribution in [1.82, 2.24) is 19.9 Å². The van der Waals surface area contributed by atoms with Crippen LogP contribution in [0.15, 0.2) is 55.0 Å². The van der Waals surface area contributed by atoms with Crippen LogP contribution in [-0.2, 0) is 0 Å². The highest BCUT2D eigenvalue weighted by Gasteiger charge is 2.10. The molecule has 5 heteroatoms. The lowest BCUT2D eigenvalue weighted by atomic mass is 10.2. The number of hydrogen-bond donors (Lipinski definition) is 2. The molecular formula is C17H17N5. The summed E-state index contributed by atoms with van der Waals surface area (Å²) in [5, 5.41) is 4.29. The van der Waals surface area contributed by atoms with Crippen LogP contribution in [0.1, 0.15) is 19.7 Å². The largest absolute Gasteiger partial charge is 0.346 e. The molecule has 0 spiro atoms. The highest BCUT2D eigenvalue weighted by Crippen LogP contribution is 2.25. The number of fused-ring (bicyclic) bond motifs is 1. The molecule has 0 aliphatic heterocycles. The van der Waals surface area contributed by atoms with Gasteiger partial charge < -0.3 is 10.3 Å². The maximum Gasteiger partial charge on any atom is 0.163 e. The fourth-order valence-electron chi connectivity index (χ4n) is 2.22. The van der Waals surface area contributed by atoms with Gasteiger partial charge in [0.25, 0.3) is 0 Å². The van der Waals surface area contributed by atoms with Gasteiger partial charge in [-0.1, -0.05) is 18.2 Å². The number of hydrogen-bond acceptors (Lipinski definition) is 4. The molecule has 0 amide bonds. The third kappa shape index (κ3) is 2.74. The van der Waals surface area contributed by atoms with E-state index in [1.807, 2.05) is 56.5 Å². The maximum absolute atomic E-state index is 4.68. The Bertz CT molecular complexity index is 831. The summed E-state index contributed by atoms with van der Waals surface area (Å²) in [5.74, 6) is 1.46. The van der Waals surface area contributed by atoms with E-state index in [1.54, 1.807) is 12.4 Å². The van der Waals surface area contributed by atoms with Crippen molar-refractivity contribution in [1.29, 1.82) is 0 Å². The van der Waals surface area contributed by atoms with Crippen molar-refractivity contribution in [2.75, 3.05) is 5.32 Å². The van der Waals surface area contributed by atoms with Gasteiger partial charge in [0.1, 0.15) is 11.5 Å². The average molecular weight is 291 g/mol. The number of pyridine rings is 1. The van der Waals surface area contributed by atoms with Crippen LogP contribution in [0.5, 0.6) is 0 Å². The second-order valence-corrected chi connectivity index (χ2v) is 4.74. The number of rotatable bonds is 4. The normalized spacial score (nSPS) is 12.2. The fourth-order valence-corrected chi connectivity index (χ4v) is 2.22. The average Bonchev–Trinajstić information content (AvgIpc) is 3.02. The van der Waals surface area contributed by atoms with Crippen molar-refractivity contribution in [3.63, 3.8) is 0 Å². The highest BCUT2D eigenvalue weighted by molar-refractivity contribution is 5.90. The molecule has 0 saturated heterocycles. The molecule has 0 saturated carbocycles. The SMILES string of the molecule is C/C=C\C(=C/C)c1nc(Nc2ccncc2)c2cc[nH]c2n1. The minimum Gasteiger partial charge on any atom is -0.346 e. The summed E-state index contributed by atoms with van der Waals surface area (Å²) in [4.78, 5) is 16.4. The first-order valence-corrected chi connectivity index (χ1v) is 7.13. The molecule has 22 heavy (non-hydrogen) atoms. The van der Waals surface area contributed by atoms with E-state index < -0.39 is 0 Å². The van der Waals surface area contributed by atoms with E-state index in [0.717, 1.165) is 28.1 Å². The molecule has 3 rings (SSSR count). The minimum atomic E-state index is 0.687. The molecule has 0 atom stereocenters. The molecule has 3 aromatic heterocycles. The van der Waals surface area contributed by atoms with E-state index >= 15 is 0 Å². The van der Waals surface area contributed by atoms with Gasteiger partial charge in [0.2, 0.25) is 0 Å². The Morgan fingerprint density at radius 1 is 1.14 bits per heavy atom. The molecular weight excluding hydrogens is 274 g/mol. The Balaban J connectivity index is 2.10. The van der Waals surface area contributed by atoms with Crippen molar-refractivity contribution in [2.24, 2.45) is 0 Å². The smallest absolute Gasteiger partial charge is 0.163 e. The topological polar surface area (TPSA) is 66.5 Å². The zero-order valence-corrected chi connectivity index (χ0v) is 12.5. The van der Waals surface area contributed by atoms with Crippen LogP contribution in [-0.4, -0.2) is 19.9 Å². The van der Waals surface area contributed by atoms with E-state index in [2.05, 4.69) is 25.3 Å². The van der Waals surface area contributed by atoms with Crippen LogP contribution in [0.4, 0.5) is 11.5 Å². The summed E-state index contributed by atoms with van der Waals surface area (Å²) in [7, 11) is 0. The first kappa shape index (κ1) is 14.0. The summed E-state index contributed by atoms with van der Waals surface area (Å²) in [6.45, 7) is 3.96. The van der Waals surface area contributed by atoms with Gasteiger partial charge in [-0.25, -0.2) is 9.97 Å². The lowest BCUT2D eigenvalue weighted by molar-refractivity contribution is 1.15. The quantitative estimate of drug-likeness (QED) is 0.711. The van der Waals surface area contributed by atoms with Crippen molar-refractivity contribution >= 4 is 28.1 Å². The maximum atomic E-state index is 4.68. The van der Waals surface area contributed by atoms with Gasteiger partial charge in [-0.2, -0.15) is 0 Å². The molecule has 0 bridgehead atoms. The lowest BCUT2D eigenvalue weighted by Gasteiger charge is -2.09. The molecule has 3 aromatic rings. The predicted molar refractivity (Wildman–Crippen MR) is 89.9 cm³/mol. The van der Waals surface area contributed by atoms with Gasteiger partial charge in [0.05, 0.1) is 5.39 Å². The van der Waals surface area contributed by atoms with Crippen molar-refractivity contribution in [3.05, 3.63) is 60.8 Å². The van der Waals surface area contributed by atoms with Gasteiger partial charge in [-0.3, -0.25) is 4.98 Å². The summed E-state index contributed by atoms with van der Waals surface area (Å²) >= 11 is 0. The molecule has 0 fully saturated rings. The Morgan fingerprint density at radius 2 is 1.95 bits per heavy atom. The van der Waals surface area contributed by atoms with Gasteiger partial charge in [0.15, 0.2) is 5.82 Å². The van der Waals surface area contributed by atoms with Crippen molar-refractivity contribution in [3.8, 4) is 0 Å². The third-order valence-corrected chi connectivity index (χ3v) is 3.27. The summed E-state index contributed by atoms with van der Waals surface area (Å²) < 4.78 is 0. The van der Waals surface area contributed by atoms with E-state index in [1.165, 1.54) is 0 Å². The van der Waals surface area contributed by atoms with Crippen LogP contribution in [0.3, 0.4) is 0 Å². The van der Waals surface area contributed by atoms with E-state index in [-0.39, 0.29) is 0 Å². The molecule has 0 radical (unpaired) electrons.